The van der Waals surface area contributed by atoms with Crippen LogP contribution in [0.2, 0.25) is 0 Å². The van der Waals surface area contributed by atoms with Crippen LogP contribution >= 0.6 is 0 Å². The lowest BCUT2D eigenvalue weighted by molar-refractivity contribution is -0.123. The first-order valence-corrected chi connectivity index (χ1v) is 36.6. The van der Waals surface area contributed by atoms with Crippen molar-refractivity contribution in [2.75, 3.05) is 78.5 Å². The molecule has 0 saturated heterocycles. The Kier molecular flexibility index (Phi) is 66.0. The van der Waals surface area contributed by atoms with Crippen LogP contribution in [-0.4, -0.2) is 112 Å². The molecule has 11 heteroatoms. The lowest BCUT2D eigenvalue weighted by Crippen LogP contribution is -2.38. The van der Waals surface area contributed by atoms with Gasteiger partial charge in [0.15, 0.2) is 0 Å². The second-order valence-electron chi connectivity index (χ2n) is 25.0. The Balaban J connectivity index is 4.90. The van der Waals surface area contributed by atoms with Crippen molar-refractivity contribution < 1.29 is 19.2 Å². The molecule has 0 bridgehead atoms. The molecule has 11 nitrogen and oxygen atoms in total. The summed E-state index contributed by atoms with van der Waals surface area (Å²) in [5, 5.41) is 16.4. The van der Waals surface area contributed by atoms with E-state index in [9.17, 15) is 19.2 Å². The summed E-state index contributed by atoms with van der Waals surface area (Å²) in [6.07, 6.45) is 62.2. The van der Waals surface area contributed by atoms with Gasteiger partial charge in [0.25, 0.3) is 0 Å². The van der Waals surface area contributed by atoms with Crippen LogP contribution in [0.3, 0.4) is 0 Å². The van der Waals surface area contributed by atoms with E-state index in [1.54, 1.807) is 0 Å². The summed E-state index contributed by atoms with van der Waals surface area (Å²) in [6, 6.07) is 0. The monoisotopic (exact) mass is 1160 g/mol. The molecule has 0 radical (unpaired) electrons. The average Bonchev–Trinajstić information content (AvgIpc) is 3.47. The first kappa shape index (κ1) is 79.8. The number of hydrogen-bond acceptors (Lipinski definition) is 7. The Morgan fingerprint density at radius 1 is 0.207 bits per heavy atom. The molecule has 0 aliphatic heterocycles. The molecule has 5 N–H and O–H groups in total. The molecule has 0 aromatic rings. The third-order valence-corrected chi connectivity index (χ3v) is 17.0. The van der Waals surface area contributed by atoms with E-state index < -0.39 is 0 Å². The molecule has 486 valence electrons. The van der Waals surface area contributed by atoms with E-state index in [0.29, 0.717) is 51.9 Å². The fourth-order valence-corrected chi connectivity index (χ4v) is 11.3. The SMILES string of the molecule is CCCCCCCCCCCCCNC(=O)CCN(CCCCCNCCN(CCC(=O)NCCCCCCCCCCCCC)CCC(=O)NCCCCCCCCCCCCC)CCC(=O)NCCCCCCCCCCCCC. The van der Waals surface area contributed by atoms with Crippen LogP contribution in [0.5, 0.6) is 0 Å². The Morgan fingerprint density at radius 3 is 0.646 bits per heavy atom. The van der Waals surface area contributed by atoms with Gasteiger partial charge in [-0.05, 0) is 51.6 Å². The molecule has 0 aromatic heterocycles. The molecule has 0 heterocycles. The second kappa shape index (κ2) is 67.9. The van der Waals surface area contributed by atoms with Crippen molar-refractivity contribution in [2.24, 2.45) is 0 Å². The standard InChI is InChI=1S/C71H143N7O4/c1-5-9-13-17-21-25-29-33-37-41-47-57-73-68(79)52-63-77(64-53-69(80)74-58-48-42-38-34-30-26-22-18-14-10-6-2)62-51-45-46-56-72-61-67-78(65-54-70(81)75-59-49-43-39-35-31-27-23-19-15-11-7-3)66-55-71(82)76-60-50-44-40-36-32-28-24-20-16-12-8-4/h72H,5-67H2,1-4H3,(H,73,79)(H,74,80)(H,75,81)(H,76,82). The predicted octanol–water partition coefficient (Wildman–Crippen LogP) is 17.6. The van der Waals surface area contributed by atoms with E-state index >= 15 is 0 Å². The molecular formula is C71H143N7O4. The van der Waals surface area contributed by atoms with Gasteiger partial charge in [-0.25, -0.2) is 0 Å². The molecule has 82 heavy (non-hydrogen) atoms. The first-order chi connectivity index (χ1) is 40.4. The normalized spacial score (nSPS) is 11.5. The van der Waals surface area contributed by atoms with Crippen LogP contribution in [-0.2, 0) is 19.2 Å². The molecule has 0 atom stereocenters. The lowest BCUT2D eigenvalue weighted by atomic mass is 10.1. The van der Waals surface area contributed by atoms with Crippen LogP contribution < -0.4 is 26.6 Å². The second-order valence-corrected chi connectivity index (χ2v) is 25.0. The maximum Gasteiger partial charge on any atom is 0.221 e. The van der Waals surface area contributed by atoms with Crippen molar-refractivity contribution in [1.29, 1.82) is 0 Å². The number of nitrogens with zero attached hydrogens (tertiary/aromatic N) is 2. The van der Waals surface area contributed by atoms with Crippen LogP contribution in [0.1, 0.15) is 355 Å². The van der Waals surface area contributed by atoms with E-state index in [1.807, 2.05) is 0 Å². The highest BCUT2D eigenvalue weighted by Crippen LogP contribution is 2.15. The Hall–Kier alpha value is -2.24. The zero-order valence-electron chi connectivity index (χ0n) is 55.6. The van der Waals surface area contributed by atoms with Gasteiger partial charge in [0, 0.05) is 91.1 Å². The number of amides is 4. The van der Waals surface area contributed by atoms with Gasteiger partial charge in [0.1, 0.15) is 0 Å². The van der Waals surface area contributed by atoms with Gasteiger partial charge in [-0.1, -0.05) is 291 Å². The van der Waals surface area contributed by atoms with Gasteiger partial charge < -0.3 is 36.4 Å². The zero-order valence-corrected chi connectivity index (χ0v) is 55.6. The Morgan fingerprint density at radius 2 is 0.402 bits per heavy atom. The number of unbranched alkanes of at least 4 members (excludes halogenated alkanes) is 42. The number of rotatable bonds is 69. The molecule has 0 saturated carbocycles. The molecule has 0 unspecified atom stereocenters. The van der Waals surface area contributed by atoms with E-state index in [2.05, 4.69) is 64.1 Å². The largest absolute Gasteiger partial charge is 0.356 e. The minimum absolute atomic E-state index is 0.112. The molecule has 0 aromatic carbocycles. The summed E-state index contributed by atoms with van der Waals surface area (Å²) >= 11 is 0. The average molecular weight is 1160 g/mol. The minimum Gasteiger partial charge on any atom is -0.356 e. The van der Waals surface area contributed by atoms with Gasteiger partial charge in [-0.3, -0.25) is 19.2 Å². The summed E-state index contributed by atoms with van der Waals surface area (Å²) in [7, 11) is 0. The Labute approximate surface area is 510 Å². The molecule has 0 aliphatic carbocycles. The first-order valence-electron chi connectivity index (χ1n) is 36.6. The fraction of sp³-hybridized carbons (Fsp3) is 0.944. The lowest BCUT2D eigenvalue weighted by Gasteiger charge is -2.23. The van der Waals surface area contributed by atoms with E-state index in [0.717, 1.165) is 97.3 Å². The molecule has 0 spiro atoms. The zero-order chi connectivity index (χ0) is 59.5. The molecule has 0 fully saturated rings. The third-order valence-electron chi connectivity index (χ3n) is 17.0. The maximum atomic E-state index is 13.0. The van der Waals surface area contributed by atoms with Crippen molar-refractivity contribution >= 4 is 23.6 Å². The van der Waals surface area contributed by atoms with Crippen molar-refractivity contribution in [3.05, 3.63) is 0 Å². The van der Waals surface area contributed by atoms with Crippen molar-refractivity contribution in [3.63, 3.8) is 0 Å². The number of hydrogen-bond donors (Lipinski definition) is 5. The van der Waals surface area contributed by atoms with E-state index in [1.165, 1.54) is 257 Å². The van der Waals surface area contributed by atoms with E-state index in [4.69, 9.17) is 0 Å². The van der Waals surface area contributed by atoms with Crippen molar-refractivity contribution in [1.82, 2.24) is 36.4 Å². The number of nitrogens with one attached hydrogen (secondary N) is 5. The van der Waals surface area contributed by atoms with Gasteiger partial charge in [0.05, 0.1) is 0 Å². The molecular weight excluding hydrogens is 1010 g/mol. The topological polar surface area (TPSA) is 135 Å². The minimum atomic E-state index is 0.112. The maximum absolute atomic E-state index is 13.0. The summed E-state index contributed by atoms with van der Waals surface area (Å²) in [5.74, 6) is 0.467. The van der Waals surface area contributed by atoms with Gasteiger partial charge in [0.2, 0.25) is 23.6 Å². The summed E-state index contributed by atoms with van der Waals surface area (Å²) in [4.78, 5) is 56.4. The summed E-state index contributed by atoms with van der Waals surface area (Å²) in [6.45, 7) is 18.2. The Bertz CT molecular complexity index is 1150. The smallest absolute Gasteiger partial charge is 0.221 e. The predicted molar refractivity (Wildman–Crippen MR) is 356 cm³/mol. The van der Waals surface area contributed by atoms with Crippen LogP contribution in [0.4, 0.5) is 0 Å². The molecule has 4 amide bonds. The summed E-state index contributed by atoms with van der Waals surface area (Å²) in [5.41, 5.74) is 0. The number of carbonyl (C=O) groups excluding carboxylic acids is 4. The van der Waals surface area contributed by atoms with Crippen LogP contribution in [0.25, 0.3) is 0 Å². The van der Waals surface area contributed by atoms with Crippen molar-refractivity contribution in [3.8, 4) is 0 Å². The highest BCUT2D eigenvalue weighted by Gasteiger charge is 2.13. The quantitative estimate of drug-likeness (QED) is 0.0383. The fourth-order valence-electron chi connectivity index (χ4n) is 11.3. The highest BCUT2D eigenvalue weighted by atomic mass is 16.2. The summed E-state index contributed by atoms with van der Waals surface area (Å²) < 4.78 is 0. The highest BCUT2D eigenvalue weighted by molar-refractivity contribution is 5.77. The number of carbonyl (C=O) groups is 4. The van der Waals surface area contributed by atoms with Gasteiger partial charge in [-0.2, -0.15) is 0 Å². The molecule has 0 rings (SSSR count). The molecule has 0 aliphatic rings. The van der Waals surface area contributed by atoms with E-state index in [-0.39, 0.29) is 23.6 Å². The van der Waals surface area contributed by atoms with Crippen LogP contribution in [0, 0.1) is 0 Å². The van der Waals surface area contributed by atoms with Crippen molar-refractivity contribution in [2.45, 2.75) is 355 Å². The van der Waals surface area contributed by atoms with Gasteiger partial charge in [-0.15, -0.1) is 0 Å². The van der Waals surface area contributed by atoms with Gasteiger partial charge >= 0.3 is 0 Å². The third kappa shape index (κ3) is 63.8. The van der Waals surface area contributed by atoms with Crippen LogP contribution in [0.15, 0.2) is 0 Å².